The number of nitrogens with zero attached hydrogens (tertiary/aromatic N) is 1. The highest BCUT2D eigenvalue weighted by atomic mass is 32.2. The highest BCUT2D eigenvalue weighted by molar-refractivity contribution is 7.98. The third-order valence-electron chi connectivity index (χ3n) is 2.36. The van der Waals surface area contributed by atoms with Gasteiger partial charge < -0.3 is 10.6 Å². The molecule has 0 radical (unpaired) electrons. The minimum Gasteiger partial charge on any atom is -0.370 e. The highest BCUT2D eigenvalue weighted by Crippen LogP contribution is 2.10. The smallest absolute Gasteiger partial charge is 0.251 e. The van der Waals surface area contributed by atoms with Crippen molar-refractivity contribution in [3.05, 3.63) is 23.4 Å². The van der Waals surface area contributed by atoms with Crippen molar-refractivity contribution in [2.24, 2.45) is 0 Å². The second-order valence-corrected chi connectivity index (χ2v) is 5.04. The van der Waals surface area contributed by atoms with Crippen molar-refractivity contribution in [3.8, 4) is 0 Å². The van der Waals surface area contributed by atoms with Crippen LogP contribution in [0.3, 0.4) is 0 Å². The van der Waals surface area contributed by atoms with Gasteiger partial charge in [-0.1, -0.05) is 6.92 Å². The van der Waals surface area contributed by atoms with Crippen molar-refractivity contribution < 1.29 is 4.79 Å². The molecule has 0 aliphatic rings. The molecule has 2 N–H and O–H groups in total. The van der Waals surface area contributed by atoms with Crippen molar-refractivity contribution in [3.63, 3.8) is 0 Å². The lowest BCUT2D eigenvalue weighted by Crippen LogP contribution is -2.26. The molecule has 0 atom stereocenters. The monoisotopic (exact) mass is 267 g/mol. The fraction of sp³-hybridized carbons (Fsp3) is 0.538. The lowest BCUT2D eigenvalue weighted by atomic mass is 10.2. The number of carbonyl (C=O) groups is 1. The molecule has 0 aromatic carbocycles. The largest absolute Gasteiger partial charge is 0.370 e. The van der Waals surface area contributed by atoms with Crippen LogP contribution in [0.4, 0.5) is 5.82 Å². The van der Waals surface area contributed by atoms with Crippen LogP contribution in [0.1, 0.15) is 29.4 Å². The van der Waals surface area contributed by atoms with Crippen molar-refractivity contribution in [1.29, 1.82) is 0 Å². The van der Waals surface area contributed by atoms with Crippen molar-refractivity contribution in [2.75, 3.05) is 30.4 Å². The Kier molecular flexibility index (Phi) is 6.57. The molecular weight excluding hydrogens is 246 g/mol. The van der Waals surface area contributed by atoms with Gasteiger partial charge in [0.15, 0.2) is 0 Å². The Morgan fingerprint density at radius 1 is 1.39 bits per heavy atom. The molecule has 0 aliphatic carbocycles. The molecule has 0 aliphatic heterocycles. The predicted molar refractivity (Wildman–Crippen MR) is 78.5 cm³/mol. The van der Waals surface area contributed by atoms with Gasteiger partial charge in [-0.25, -0.2) is 4.98 Å². The summed E-state index contributed by atoms with van der Waals surface area (Å²) in [6.45, 7) is 5.55. The van der Waals surface area contributed by atoms with E-state index in [-0.39, 0.29) is 5.91 Å². The molecule has 0 saturated heterocycles. The third-order valence-corrected chi connectivity index (χ3v) is 2.98. The van der Waals surface area contributed by atoms with E-state index in [0.29, 0.717) is 12.1 Å². The molecule has 0 unspecified atom stereocenters. The number of hydrogen-bond donors (Lipinski definition) is 2. The van der Waals surface area contributed by atoms with Crippen LogP contribution in [0.25, 0.3) is 0 Å². The average Bonchev–Trinajstić information content (AvgIpc) is 2.36. The molecule has 0 saturated carbocycles. The molecule has 5 heteroatoms. The predicted octanol–water partition coefficient (Wildman–Crippen LogP) is 2.30. The number of hydrogen-bond acceptors (Lipinski definition) is 4. The molecule has 1 amide bonds. The first-order valence-electron chi connectivity index (χ1n) is 6.17. The van der Waals surface area contributed by atoms with Gasteiger partial charge in [0.2, 0.25) is 0 Å². The fourth-order valence-corrected chi connectivity index (χ4v) is 1.82. The van der Waals surface area contributed by atoms with Crippen LogP contribution in [0.5, 0.6) is 0 Å². The van der Waals surface area contributed by atoms with E-state index in [1.165, 1.54) is 0 Å². The molecular formula is C13H21N3OS. The van der Waals surface area contributed by atoms with Crippen LogP contribution in [-0.2, 0) is 0 Å². The number of carbonyl (C=O) groups excluding carboxylic acids is 1. The number of nitrogens with one attached hydrogen (secondary N) is 2. The highest BCUT2D eigenvalue weighted by Gasteiger charge is 2.07. The van der Waals surface area contributed by atoms with Crippen LogP contribution in [0.15, 0.2) is 12.1 Å². The number of rotatable bonds is 7. The van der Waals surface area contributed by atoms with Crippen LogP contribution in [-0.4, -0.2) is 36.0 Å². The summed E-state index contributed by atoms with van der Waals surface area (Å²) in [6.07, 6.45) is 3.06. The van der Waals surface area contributed by atoms with E-state index in [2.05, 4.69) is 22.5 Å². The molecule has 4 nitrogen and oxygen atoms in total. The lowest BCUT2D eigenvalue weighted by Gasteiger charge is -2.09. The van der Waals surface area contributed by atoms with Gasteiger partial charge in [0.1, 0.15) is 5.82 Å². The van der Waals surface area contributed by atoms with Crippen LogP contribution in [0, 0.1) is 6.92 Å². The molecule has 18 heavy (non-hydrogen) atoms. The Hall–Kier alpha value is -1.23. The summed E-state index contributed by atoms with van der Waals surface area (Å²) in [5.41, 5.74) is 1.52. The van der Waals surface area contributed by atoms with Gasteiger partial charge in [0.25, 0.3) is 5.91 Å². The van der Waals surface area contributed by atoms with E-state index in [0.717, 1.165) is 30.2 Å². The maximum Gasteiger partial charge on any atom is 0.251 e. The number of pyridine rings is 1. The molecule has 100 valence electrons. The zero-order valence-electron chi connectivity index (χ0n) is 11.2. The quantitative estimate of drug-likeness (QED) is 0.744. The second kappa shape index (κ2) is 7.97. The van der Waals surface area contributed by atoms with E-state index in [1.807, 2.05) is 19.2 Å². The minimum atomic E-state index is -0.0332. The topological polar surface area (TPSA) is 54.0 Å². The summed E-state index contributed by atoms with van der Waals surface area (Å²) in [5, 5.41) is 6.10. The molecule has 1 aromatic rings. The Morgan fingerprint density at radius 2 is 2.17 bits per heavy atom. The molecule has 1 aromatic heterocycles. The van der Waals surface area contributed by atoms with Gasteiger partial charge in [-0.05, 0) is 31.7 Å². The van der Waals surface area contributed by atoms with Crippen molar-refractivity contribution >= 4 is 23.5 Å². The van der Waals surface area contributed by atoms with E-state index in [1.54, 1.807) is 17.8 Å². The van der Waals surface area contributed by atoms with Gasteiger partial charge in [-0.15, -0.1) is 0 Å². The Morgan fingerprint density at radius 3 is 2.83 bits per heavy atom. The fourth-order valence-electron chi connectivity index (χ4n) is 1.51. The molecule has 0 fully saturated rings. The first kappa shape index (κ1) is 14.8. The van der Waals surface area contributed by atoms with Crippen molar-refractivity contribution in [1.82, 2.24) is 10.3 Å². The van der Waals surface area contributed by atoms with Gasteiger partial charge in [-0.2, -0.15) is 11.8 Å². The zero-order valence-corrected chi connectivity index (χ0v) is 12.1. The Labute approximate surface area is 113 Å². The summed E-state index contributed by atoms with van der Waals surface area (Å²) in [7, 11) is 0. The SMILES string of the molecule is CCCNc1cc(C(=O)NCCSC)cc(C)n1. The summed E-state index contributed by atoms with van der Waals surface area (Å²) in [4.78, 5) is 16.3. The molecule has 0 spiro atoms. The van der Waals surface area contributed by atoms with Gasteiger partial charge in [-0.3, -0.25) is 4.79 Å². The standard InChI is InChI=1S/C13H21N3OS/c1-4-5-14-12-9-11(8-10(2)16-12)13(17)15-6-7-18-3/h8-9H,4-7H2,1-3H3,(H,14,16)(H,15,17). The second-order valence-electron chi connectivity index (χ2n) is 4.06. The van der Waals surface area contributed by atoms with Gasteiger partial charge in [0, 0.05) is 30.1 Å². The first-order valence-corrected chi connectivity index (χ1v) is 7.56. The Balaban J connectivity index is 2.69. The lowest BCUT2D eigenvalue weighted by molar-refractivity contribution is 0.0956. The van der Waals surface area contributed by atoms with Crippen LogP contribution in [0.2, 0.25) is 0 Å². The summed E-state index contributed by atoms with van der Waals surface area (Å²) in [5.74, 6) is 1.66. The van der Waals surface area contributed by atoms with Gasteiger partial charge >= 0.3 is 0 Å². The normalized spacial score (nSPS) is 10.2. The summed E-state index contributed by atoms with van der Waals surface area (Å²) < 4.78 is 0. The number of aromatic nitrogens is 1. The van der Waals surface area contributed by atoms with E-state index in [4.69, 9.17) is 0 Å². The third kappa shape index (κ3) is 4.96. The first-order chi connectivity index (χ1) is 8.67. The molecule has 1 heterocycles. The maximum absolute atomic E-state index is 11.9. The molecule has 1 rings (SSSR count). The van der Waals surface area contributed by atoms with Crippen LogP contribution >= 0.6 is 11.8 Å². The number of aryl methyl sites for hydroxylation is 1. The van der Waals surface area contributed by atoms with E-state index < -0.39 is 0 Å². The van der Waals surface area contributed by atoms with Gasteiger partial charge in [0.05, 0.1) is 0 Å². The number of amides is 1. The maximum atomic E-state index is 11.9. The zero-order chi connectivity index (χ0) is 13.4. The Bertz CT molecular complexity index is 396. The molecule has 0 bridgehead atoms. The number of anilines is 1. The van der Waals surface area contributed by atoms with E-state index >= 15 is 0 Å². The summed E-state index contributed by atoms with van der Waals surface area (Å²) >= 11 is 1.72. The summed E-state index contributed by atoms with van der Waals surface area (Å²) in [6, 6.07) is 3.61. The van der Waals surface area contributed by atoms with E-state index in [9.17, 15) is 4.79 Å². The average molecular weight is 267 g/mol. The van der Waals surface area contributed by atoms with Crippen molar-refractivity contribution in [2.45, 2.75) is 20.3 Å². The number of thioether (sulfide) groups is 1. The van der Waals surface area contributed by atoms with Crippen LogP contribution < -0.4 is 10.6 Å². The minimum absolute atomic E-state index is 0.0332.